The average Bonchev–Trinajstić information content (AvgIpc) is 2.34. The Morgan fingerprint density at radius 3 is 2.37 bits per heavy atom. The zero-order valence-electron chi connectivity index (χ0n) is 10.9. The molecule has 3 N–H and O–H groups in total. The molecule has 0 aliphatic heterocycles. The summed E-state index contributed by atoms with van der Waals surface area (Å²) in [6.45, 7) is 2.02. The first-order valence-corrected chi connectivity index (χ1v) is 7.75. The number of carbonyl (C=O) groups excluding carboxylic acids is 1. The Morgan fingerprint density at radius 1 is 1.32 bits per heavy atom. The van der Waals surface area contributed by atoms with Crippen LogP contribution in [0.4, 0.5) is 5.69 Å². The Balaban J connectivity index is 2.63. The van der Waals surface area contributed by atoms with Crippen molar-refractivity contribution in [1.82, 2.24) is 5.32 Å². The molecular formula is C12H18N2O4S. The molecule has 1 aromatic rings. The third-order valence-electron chi connectivity index (χ3n) is 2.42. The first-order valence-electron chi connectivity index (χ1n) is 5.86. The third kappa shape index (κ3) is 5.71. The maximum Gasteiger partial charge on any atom is 0.251 e. The minimum Gasteiger partial charge on any atom is -0.391 e. The van der Waals surface area contributed by atoms with Crippen LogP contribution in [0.3, 0.4) is 0 Å². The van der Waals surface area contributed by atoms with E-state index in [0.717, 1.165) is 6.26 Å². The van der Waals surface area contributed by atoms with E-state index in [9.17, 15) is 18.3 Å². The molecule has 0 saturated heterocycles. The molecule has 0 aliphatic carbocycles. The van der Waals surface area contributed by atoms with Crippen molar-refractivity contribution >= 4 is 21.6 Å². The molecule has 1 atom stereocenters. The summed E-state index contributed by atoms with van der Waals surface area (Å²) in [5.41, 5.74) is 0.801. The number of amides is 1. The predicted molar refractivity (Wildman–Crippen MR) is 73.5 cm³/mol. The van der Waals surface area contributed by atoms with Crippen molar-refractivity contribution in [3.8, 4) is 0 Å². The molecule has 0 saturated carbocycles. The van der Waals surface area contributed by atoms with Gasteiger partial charge in [-0.2, -0.15) is 0 Å². The molecule has 0 aromatic heterocycles. The Kier molecular flexibility index (Phi) is 5.31. The van der Waals surface area contributed by atoms with Crippen LogP contribution >= 0.6 is 0 Å². The van der Waals surface area contributed by atoms with Crippen molar-refractivity contribution in [2.45, 2.75) is 19.4 Å². The SMILES string of the molecule is CCC(O)CNC(=O)c1ccc(NS(C)(=O)=O)cc1. The highest BCUT2D eigenvalue weighted by molar-refractivity contribution is 7.92. The summed E-state index contributed by atoms with van der Waals surface area (Å²) in [5, 5.41) is 11.9. The number of rotatable bonds is 6. The number of benzene rings is 1. The van der Waals surface area contributed by atoms with Gasteiger partial charge in [0.25, 0.3) is 5.91 Å². The van der Waals surface area contributed by atoms with Crippen LogP contribution in [0.5, 0.6) is 0 Å². The van der Waals surface area contributed by atoms with Gasteiger partial charge < -0.3 is 10.4 Å². The number of carbonyl (C=O) groups is 1. The van der Waals surface area contributed by atoms with Gasteiger partial charge in [-0.15, -0.1) is 0 Å². The quantitative estimate of drug-likeness (QED) is 0.712. The van der Waals surface area contributed by atoms with Crippen molar-refractivity contribution < 1.29 is 18.3 Å². The van der Waals surface area contributed by atoms with Gasteiger partial charge in [0.15, 0.2) is 0 Å². The van der Waals surface area contributed by atoms with Crippen LogP contribution in [0.25, 0.3) is 0 Å². The highest BCUT2D eigenvalue weighted by Gasteiger charge is 2.08. The van der Waals surface area contributed by atoms with Gasteiger partial charge in [0.05, 0.1) is 12.4 Å². The van der Waals surface area contributed by atoms with Crippen LogP contribution in [-0.2, 0) is 10.0 Å². The molecule has 0 aliphatic rings. The van der Waals surface area contributed by atoms with Gasteiger partial charge in [0.1, 0.15) is 0 Å². The Labute approximate surface area is 112 Å². The summed E-state index contributed by atoms with van der Waals surface area (Å²) >= 11 is 0. The summed E-state index contributed by atoms with van der Waals surface area (Å²) in [6, 6.07) is 6.04. The van der Waals surface area contributed by atoms with E-state index in [1.54, 1.807) is 0 Å². The lowest BCUT2D eigenvalue weighted by Crippen LogP contribution is -2.31. The van der Waals surface area contributed by atoms with Crippen molar-refractivity contribution in [2.24, 2.45) is 0 Å². The zero-order chi connectivity index (χ0) is 14.5. The second-order valence-corrected chi connectivity index (χ2v) is 5.97. The van der Waals surface area contributed by atoms with Crippen molar-refractivity contribution in [3.63, 3.8) is 0 Å². The fraction of sp³-hybridized carbons (Fsp3) is 0.417. The molecule has 7 heteroatoms. The van der Waals surface area contributed by atoms with Crippen molar-refractivity contribution in [3.05, 3.63) is 29.8 Å². The second kappa shape index (κ2) is 6.53. The molecule has 6 nitrogen and oxygen atoms in total. The van der Waals surface area contributed by atoms with E-state index in [1.807, 2.05) is 6.92 Å². The predicted octanol–water partition coefficient (Wildman–Crippen LogP) is 0.559. The second-order valence-electron chi connectivity index (χ2n) is 4.22. The highest BCUT2D eigenvalue weighted by Crippen LogP contribution is 2.10. The topological polar surface area (TPSA) is 95.5 Å². The summed E-state index contributed by atoms with van der Waals surface area (Å²) in [4.78, 5) is 11.7. The van der Waals surface area contributed by atoms with Gasteiger partial charge in [-0.05, 0) is 30.7 Å². The van der Waals surface area contributed by atoms with Gasteiger partial charge in [0, 0.05) is 17.8 Å². The maximum atomic E-state index is 11.7. The van der Waals surface area contributed by atoms with Crippen LogP contribution in [-0.4, -0.2) is 38.3 Å². The molecular weight excluding hydrogens is 268 g/mol. The van der Waals surface area contributed by atoms with Crippen LogP contribution in [0.2, 0.25) is 0 Å². The molecule has 1 unspecified atom stereocenters. The minimum atomic E-state index is -3.32. The molecule has 0 heterocycles. The molecule has 1 aromatic carbocycles. The fourth-order valence-electron chi connectivity index (χ4n) is 1.36. The van der Waals surface area contributed by atoms with E-state index in [4.69, 9.17) is 0 Å². The van der Waals surface area contributed by atoms with E-state index < -0.39 is 16.1 Å². The lowest BCUT2D eigenvalue weighted by molar-refractivity contribution is 0.0914. The largest absolute Gasteiger partial charge is 0.391 e. The summed E-state index contributed by atoms with van der Waals surface area (Å²) in [7, 11) is -3.32. The smallest absolute Gasteiger partial charge is 0.251 e. The first kappa shape index (κ1) is 15.5. The number of sulfonamides is 1. The van der Waals surface area contributed by atoms with Gasteiger partial charge in [-0.3, -0.25) is 9.52 Å². The van der Waals surface area contributed by atoms with E-state index >= 15 is 0 Å². The third-order valence-corrected chi connectivity index (χ3v) is 3.03. The summed E-state index contributed by atoms with van der Waals surface area (Å²) in [5.74, 6) is -0.307. The fourth-order valence-corrected chi connectivity index (χ4v) is 1.92. The number of aliphatic hydroxyl groups is 1. The molecule has 1 rings (SSSR count). The van der Waals surface area contributed by atoms with E-state index in [1.165, 1.54) is 24.3 Å². The molecule has 0 fully saturated rings. The van der Waals surface area contributed by atoms with Gasteiger partial charge in [-0.25, -0.2) is 8.42 Å². The Bertz CT molecular complexity index is 525. The van der Waals surface area contributed by atoms with Crippen LogP contribution in [0.15, 0.2) is 24.3 Å². The number of aliphatic hydroxyl groups excluding tert-OH is 1. The first-order chi connectivity index (χ1) is 8.81. The van der Waals surface area contributed by atoms with E-state index in [-0.39, 0.29) is 12.5 Å². The number of anilines is 1. The Morgan fingerprint density at radius 2 is 1.89 bits per heavy atom. The summed E-state index contributed by atoms with van der Waals surface area (Å²) in [6.07, 6.45) is 1.06. The number of hydrogen-bond acceptors (Lipinski definition) is 4. The lowest BCUT2D eigenvalue weighted by Gasteiger charge is -2.10. The maximum absolute atomic E-state index is 11.7. The lowest BCUT2D eigenvalue weighted by atomic mass is 10.2. The van der Waals surface area contributed by atoms with Crippen LogP contribution in [0.1, 0.15) is 23.7 Å². The van der Waals surface area contributed by atoms with E-state index in [0.29, 0.717) is 17.7 Å². The van der Waals surface area contributed by atoms with E-state index in [2.05, 4.69) is 10.0 Å². The van der Waals surface area contributed by atoms with Crippen molar-refractivity contribution in [1.29, 1.82) is 0 Å². The zero-order valence-corrected chi connectivity index (χ0v) is 11.7. The average molecular weight is 286 g/mol. The molecule has 0 spiro atoms. The van der Waals surface area contributed by atoms with Gasteiger partial charge in [0.2, 0.25) is 10.0 Å². The monoisotopic (exact) mass is 286 g/mol. The minimum absolute atomic E-state index is 0.193. The van der Waals surface area contributed by atoms with Gasteiger partial charge >= 0.3 is 0 Å². The van der Waals surface area contributed by atoms with Crippen LogP contribution in [0, 0.1) is 0 Å². The standard InChI is InChI=1S/C12H18N2O4S/c1-3-11(15)8-13-12(16)9-4-6-10(7-5-9)14-19(2,17)18/h4-7,11,14-15H,3,8H2,1-2H3,(H,13,16). The molecule has 106 valence electrons. The Hall–Kier alpha value is -1.60. The highest BCUT2D eigenvalue weighted by atomic mass is 32.2. The van der Waals surface area contributed by atoms with Crippen molar-refractivity contribution in [2.75, 3.05) is 17.5 Å². The molecule has 0 radical (unpaired) electrons. The number of nitrogens with one attached hydrogen (secondary N) is 2. The molecule has 0 bridgehead atoms. The van der Waals surface area contributed by atoms with Crippen LogP contribution < -0.4 is 10.0 Å². The van der Waals surface area contributed by atoms with Gasteiger partial charge in [-0.1, -0.05) is 6.92 Å². The molecule has 19 heavy (non-hydrogen) atoms. The number of hydrogen-bond donors (Lipinski definition) is 3. The summed E-state index contributed by atoms with van der Waals surface area (Å²) < 4.78 is 24.3. The molecule has 1 amide bonds. The normalized spacial score (nSPS) is 12.8.